The van der Waals surface area contributed by atoms with Gasteiger partial charge in [-0.2, -0.15) is 0 Å². The molecule has 3 rings (SSSR count). The van der Waals surface area contributed by atoms with Crippen LogP contribution in [0.3, 0.4) is 0 Å². The number of hydrogen-bond acceptors (Lipinski definition) is 1. The lowest BCUT2D eigenvalue weighted by molar-refractivity contribution is 0.204. The van der Waals surface area contributed by atoms with Crippen molar-refractivity contribution in [2.45, 2.75) is 32.5 Å². The first-order valence-corrected chi connectivity index (χ1v) is 7.91. The molecule has 1 aliphatic rings. The van der Waals surface area contributed by atoms with Crippen molar-refractivity contribution in [2.24, 2.45) is 0 Å². The molecule has 22 heavy (non-hydrogen) atoms. The highest BCUT2D eigenvalue weighted by molar-refractivity contribution is 6.32. The highest BCUT2D eigenvalue weighted by atomic mass is 35.5. The molecule has 4 nitrogen and oxygen atoms in total. The maximum absolute atomic E-state index is 13.1. The zero-order valence-corrected chi connectivity index (χ0v) is 13.2. The summed E-state index contributed by atoms with van der Waals surface area (Å²) in [4.78, 5) is 16.7. The van der Waals surface area contributed by atoms with Gasteiger partial charge in [-0.1, -0.05) is 18.5 Å². The van der Waals surface area contributed by atoms with Gasteiger partial charge in [0.25, 0.3) is 0 Å². The molecule has 1 atom stereocenters. The number of aromatic nitrogens is 1. The fraction of sp³-hybridized carbons (Fsp3) is 0.438. The van der Waals surface area contributed by atoms with Crippen molar-refractivity contribution in [3.8, 4) is 0 Å². The van der Waals surface area contributed by atoms with Crippen LogP contribution in [0.5, 0.6) is 0 Å². The number of rotatable bonds is 3. The van der Waals surface area contributed by atoms with E-state index in [1.807, 2.05) is 18.2 Å². The van der Waals surface area contributed by atoms with E-state index in [1.54, 1.807) is 0 Å². The molecule has 0 radical (unpaired) electrons. The SMILES string of the molecule is CCc1cc2[nH]c(CNC(=O)N3CCC(F)C3)cc2cc1Cl. The number of urea groups is 1. The zero-order chi connectivity index (χ0) is 15.7. The molecule has 0 spiro atoms. The highest BCUT2D eigenvalue weighted by Crippen LogP contribution is 2.25. The first-order chi connectivity index (χ1) is 10.6. The van der Waals surface area contributed by atoms with Crippen LogP contribution in [0.4, 0.5) is 9.18 Å². The van der Waals surface area contributed by atoms with Gasteiger partial charge in [0, 0.05) is 28.2 Å². The summed E-state index contributed by atoms with van der Waals surface area (Å²) in [6.07, 6.45) is 0.408. The summed E-state index contributed by atoms with van der Waals surface area (Å²) in [5.41, 5.74) is 3.01. The smallest absolute Gasteiger partial charge is 0.317 e. The first kappa shape index (κ1) is 15.2. The highest BCUT2D eigenvalue weighted by Gasteiger charge is 2.25. The number of amides is 2. The molecule has 2 amide bonds. The Labute approximate surface area is 133 Å². The third-order valence-electron chi connectivity index (χ3n) is 4.07. The van der Waals surface area contributed by atoms with Gasteiger partial charge in [0.2, 0.25) is 0 Å². The maximum atomic E-state index is 13.1. The summed E-state index contributed by atoms with van der Waals surface area (Å²) in [6.45, 7) is 3.12. The molecule has 0 saturated carbocycles. The van der Waals surface area contributed by atoms with Gasteiger partial charge in [-0.3, -0.25) is 0 Å². The van der Waals surface area contributed by atoms with Crippen LogP contribution in [0.1, 0.15) is 24.6 Å². The van der Waals surface area contributed by atoms with E-state index in [0.717, 1.165) is 33.6 Å². The van der Waals surface area contributed by atoms with Gasteiger partial charge in [0.05, 0.1) is 13.1 Å². The van der Waals surface area contributed by atoms with Gasteiger partial charge in [0.15, 0.2) is 0 Å². The number of nitrogens with zero attached hydrogens (tertiary/aromatic N) is 1. The van der Waals surface area contributed by atoms with Gasteiger partial charge in [-0.25, -0.2) is 9.18 Å². The maximum Gasteiger partial charge on any atom is 0.317 e. The quantitative estimate of drug-likeness (QED) is 0.890. The minimum atomic E-state index is -0.895. The van der Waals surface area contributed by atoms with Gasteiger partial charge in [-0.05, 0) is 36.6 Å². The summed E-state index contributed by atoms with van der Waals surface area (Å²) in [5, 5.41) is 4.61. The molecule has 1 aromatic heterocycles. The number of likely N-dealkylation sites (tertiary alicyclic amines) is 1. The number of fused-ring (bicyclic) bond motifs is 1. The van der Waals surface area contributed by atoms with Gasteiger partial charge in [0.1, 0.15) is 6.17 Å². The molecule has 6 heteroatoms. The number of hydrogen-bond donors (Lipinski definition) is 2. The summed E-state index contributed by atoms with van der Waals surface area (Å²) in [7, 11) is 0. The molecule has 1 unspecified atom stereocenters. The van der Waals surface area contributed by atoms with E-state index in [0.29, 0.717) is 19.5 Å². The van der Waals surface area contributed by atoms with Crippen molar-refractivity contribution in [1.29, 1.82) is 0 Å². The number of aromatic amines is 1. The number of carbonyl (C=O) groups excluding carboxylic acids is 1. The zero-order valence-electron chi connectivity index (χ0n) is 12.5. The number of nitrogens with one attached hydrogen (secondary N) is 2. The fourth-order valence-electron chi connectivity index (χ4n) is 2.81. The van der Waals surface area contributed by atoms with Crippen molar-refractivity contribution in [3.05, 3.63) is 34.5 Å². The Morgan fingerprint density at radius 1 is 1.50 bits per heavy atom. The van der Waals surface area contributed by atoms with E-state index >= 15 is 0 Å². The number of carbonyl (C=O) groups is 1. The van der Waals surface area contributed by atoms with Crippen molar-refractivity contribution in [1.82, 2.24) is 15.2 Å². The number of alkyl halides is 1. The van der Waals surface area contributed by atoms with Gasteiger partial charge in [-0.15, -0.1) is 0 Å². The molecule has 118 valence electrons. The van der Waals surface area contributed by atoms with Crippen LogP contribution in [0.2, 0.25) is 5.02 Å². The molecule has 1 aliphatic heterocycles. The first-order valence-electron chi connectivity index (χ1n) is 7.53. The largest absolute Gasteiger partial charge is 0.357 e. The lowest BCUT2D eigenvalue weighted by Crippen LogP contribution is -2.38. The average Bonchev–Trinajstić information content (AvgIpc) is 3.09. The Bertz CT molecular complexity index is 700. The van der Waals surface area contributed by atoms with Crippen molar-refractivity contribution in [2.75, 3.05) is 13.1 Å². The molecule has 2 N–H and O–H groups in total. The Balaban J connectivity index is 1.68. The van der Waals surface area contributed by atoms with E-state index in [9.17, 15) is 9.18 Å². The summed E-state index contributed by atoms with van der Waals surface area (Å²) < 4.78 is 13.1. The third kappa shape index (κ3) is 3.04. The molecular formula is C16H19ClFN3O. The van der Waals surface area contributed by atoms with Crippen molar-refractivity contribution < 1.29 is 9.18 Å². The summed E-state index contributed by atoms with van der Waals surface area (Å²) >= 11 is 6.21. The van der Waals surface area contributed by atoms with Crippen LogP contribution < -0.4 is 5.32 Å². The van der Waals surface area contributed by atoms with Gasteiger partial charge < -0.3 is 15.2 Å². The lowest BCUT2D eigenvalue weighted by Gasteiger charge is -2.15. The molecule has 2 aromatic rings. The van der Waals surface area contributed by atoms with Crippen LogP contribution in [0, 0.1) is 0 Å². The van der Waals surface area contributed by atoms with E-state index in [1.165, 1.54) is 4.90 Å². The fourth-order valence-corrected chi connectivity index (χ4v) is 3.11. The number of benzene rings is 1. The molecule has 1 saturated heterocycles. The molecular weight excluding hydrogens is 305 g/mol. The predicted octanol–water partition coefficient (Wildman–Crippen LogP) is 3.64. The van der Waals surface area contributed by atoms with Gasteiger partial charge >= 0.3 is 6.03 Å². The second-order valence-electron chi connectivity index (χ2n) is 5.67. The van der Waals surface area contributed by atoms with E-state index in [4.69, 9.17) is 11.6 Å². The Morgan fingerprint density at radius 3 is 3.00 bits per heavy atom. The van der Waals surface area contributed by atoms with Crippen LogP contribution in [0.25, 0.3) is 10.9 Å². The average molecular weight is 324 g/mol. The number of halogens is 2. The summed E-state index contributed by atoms with van der Waals surface area (Å²) in [6, 6.07) is 5.73. The van der Waals surface area contributed by atoms with E-state index in [-0.39, 0.29) is 12.6 Å². The predicted molar refractivity (Wildman–Crippen MR) is 86.0 cm³/mol. The topological polar surface area (TPSA) is 48.1 Å². The Kier molecular flexibility index (Phi) is 4.25. The monoisotopic (exact) mass is 323 g/mol. The van der Waals surface area contributed by atoms with Crippen LogP contribution in [-0.4, -0.2) is 35.2 Å². The van der Waals surface area contributed by atoms with E-state index in [2.05, 4.69) is 17.2 Å². The Morgan fingerprint density at radius 2 is 2.32 bits per heavy atom. The van der Waals surface area contributed by atoms with Crippen molar-refractivity contribution in [3.63, 3.8) is 0 Å². The normalized spacial score (nSPS) is 18.1. The third-order valence-corrected chi connectivity index (χ3v) is 4.42. The van der Waals surface area contributed by atoms with Crippen LogP contribution in [-0.2, 0) is 13.0 Å². The molecule has 1 fully saturated rings. The lowest BCUT2D eigenvalue weighted by atomic mass is 10.1. The minimum absolute atomic E-state index is 0.188. The van der Waals surface area contributed by atoms with Crippen molar-refractivity contribution >= 4 is 28.5 Å². The van der Waals surface area contributed by atoms with E-state index < -0.39 is 6.17 Å². The number of aryl methyl sites for hydroxylation is 1. The second kappa shape index (κ2) is 6.16. The molecule has 0 aliphatic carbocycles. The molecule has 0 bridgehead atoms. The Hall–Kier alpha value is -1.75. The van der Waals surface area contributed by atoms with Crippen LogP contribution >= 0.6 is 11.6 Å². The number of H-pyrrole nitrogens is 1. The molecule has 2 heterocycles. The van der Waals surface area contributed by atoms with Crippen LogP contribution in [0.15, 0.2) is 18.2 Å². The molecule has 1 aromatic carbocycles. The standard InChI is InChI=1S/C16H19ClFN3O/c1-2-10-7-15-11(6-14(10)17)5-13(20-15)8-19-16(22)21-4-3-12(18)9-21/h5-7,12,20H,2-4,8-9H2,1H3,(H,19,22). The second-order valence-corrected chi connectivity index (χ2v) is 6.08. The summed E-state index contributed by atoms with van der Waals surface area (Å²) in [5.74, 6) is 0. The minimum Gasteiger partial charge on any atom is -0.357 e.